The molecule has 0 atom stereocenters. The second-order valence-corrected chi connectivity index (χ2v) is 10.4. The molecule has 1 aliphatic rings. The first-order chi connectivity index (χ1) is 20.1. The number of nitrogens with one attached hydrogen (secondary N) is 3. The van der Waals surface area contributed by atoms with Crippen molar-refractivity contribution in [1.29, 1.82) is 5.41 Å². The van der Waals surface area contributed by atoms with Gasteiger partial charge in [0.25, 0.3) is 0 Å². The Morgan fingerprint density at radius 2 is 1.78 bits per heavy atom. The van der Waals surface area contributed by atoms with Crippen LogP contribution in [-0.2, 0) is 13.0 Å². The Hall–Kier alpha value is -4.39. The Morgan fingerprint density at radius 1 is 1.00 bits per heavy atom. The van der Waals surface area contributed by atoms with E-state index in [0.717, 1.165) is 89.5 Å². The topological polar surface area (TPSA) is 90.2 Å². The molecule has 210 valence electrons. The summed E-state index contributed by atoms with van der Waals surface area (Å²) in [5, 5.41) is 11.3. The highest BCUT2D eigenvalue weighted by Gasteiger charge is 2.16. The molecule has 0 radical (unpaired) electrons. The molecular formula is C35H39N5O. The number of aromatic nitrogens is 1. The first kappa shape index (κ1) is 28.1. The van der Waals surface area contributed by atoms with Crippen molar-refractivity contribution >= 4 is 18.4 Å². The lowest BCUT2D eigenvalue weighted by Gasteiger charge is -2.27. The number of nitrogens with two attached hydrogens (primary N) is 1. The van der Waals surface area contributed by atoms with Crippen molar-refractivity contribution in [2.45, 2.75) is 19.9 Å². The second-order valence-electron chi connectivity index (χ2n) is 10.4. The smallest absolute Gasteiger partial charge is 0.127 e. The molecule has 6 heteroatoms. The third-order valence-electron chi connectivity index (χ3n) is 7.81. The van der Waals surface area contributed by atoms with E-state index in [1.165, 1.54) is 17.3 Å². The van der Waals surface area contributed by atoms with Gasteiger partial charge in [-0.2, -0.15) is 0 Å². The van der Waals surface area contributed by atoms with Crippen LogP contribution in [0.1, 0.15) is 33.5 Å². The summed E-state index contributed by atoms with van der Waals surface area (Å²) in [5.74, 6) is 0.900. The van der Waals surface area contributed by atoms with Crippen molar-refractivity contribution in [2.75, 3.05) is 32.8 Å². The molecular weight excluding hydrogens is 506 g/mol. The van der Waals surface area contributed by atoms with Crippen LogP contribution in [0.3, 0.4) is 0 Å². The van der Waals surface area contributed by atoms with Gasteiger partial charge in [0.1, 0.15) is 5.75 Å². The standard InChI is InChI=1S/C35H39N5O/c1-3-28-5-4-6-30(32(28)22-37)29-10-7-26(8-11-29)14-20-41-35-21-27(24-40-18-16-38-17-19-40)9-12-31(35)33-23-39-34(13-15-36)25(33)2/h3-13,15,21-23,37-39H,1,14,16-20,24,36H2,2H3/b15-13-,37-22?. The highest BCUT2D eigenvalue weighted by atomic mass is 16.5. The van der Waals surface area contributed by atoms with Gasteiger partial charge in [-0.05, 0) is 58.6 Å². The van der Waals surface area contributed by atoms with Gasteiger partial charge in [0.05, 0.1) is 6.61 Å². The van der Waals surface area contributed by atoms with Crippen molar-refractivity contribution in [3.05, 3.63) is 113 Å². The third kappa shape index (κ3) is 6.51. The normalized spacial score (nSPS) is 13.9. The van der Waals surface area contributed by atoms with Gasteiger partial charge in [0.2, 0.25) is 0 Å². The molecule has 5 N–H and O–H groups in total. The lowest BCUT2D eigenvalue weighted by Crippen LogP contribution is -2.42. The molecule has 2 heterocycles. The van der Waals surface area contributed by atoms with E-state index in [1.54, 1.807) is 12.3 Å². The molecule has 1 saturated heterocycles. The largest absolute Gasteiger partial charge is 0.493 e. The first-order valence-corrected chi connectivity index (χ1v) is 14.2. The number of ether oxygens (including phenoxy) is 1. The maximum absolute atomic E-state index is 7.89. The zero-order valence-electron chi connectivity index (χ0n) is 23.7. The summed E-state index contributed by atoms with van der Waals surface area (Å²) in [4.78, 5) is 5.82. The number of aromatic amines is 1. The number of piperazine rings is 1. The molecule has 0 amide bonds. The van der Waals surface area contributed by atoms with Crippen molar-refractivity contribution in [2.24, 2.45) is 5.73 Å². The number of benzene rings is 3. The maximum atomic E-state index is 7.89. The first-order valence-electron chi connectivity index (χ1n) is 14.2. The molecule has 5 rings (SSSR count). The van der Waals surface area contributed by atoms with Gasteiger partial charge in [-0.25, -0.2) is 0 Å². The van der Waals surface area contributed by atoms with Crippen LogP contribution >= 0.6 is 0 Å². The van der Waals surface area contributed by atoms with Crippen LogP contribution in [0, 0.1) is 12.3 Å². The van der Waals surface area contributed by atoms with Gasteiger partial charge in [-0.3, -0.25) is 4.90 Å². The quantitative estimate of drug-likeness (QED) is 0.168. The van der Waals surface area contributed by atoms with Gasteiger partial charge >= 0.3 is 0 Å². The fourth-order valence-corrected chi connectivity index (χ4v) is 5.50. The van der Waals surface area contributed by atoms with Crippen LogP contribution in [0.5, 0.6) is 5.75 Å². The van der Waals surface area contributed by atoms with Gasteiger partial charge in [0.15, 0.2) is 0 Å². The Balaban J connectivity index is 1.34. The fourth-order valence-electron chi connectivity index (χ4n) is 5.50. The lowest BCUT2D eigenvalue weighted by molar-refractivity contribution is 0.232. The molecule has 1 aromatic heterocycles. The summed E-state index contributed by atoms with van der Waals surface area (Å²) >= 11 is 0. The minimum absolute atomic E-state index is 0.570. The van der Waals surface area contributed by atoms with E-state index in [4.69, 9.17) is 15.9 Å². The van der Waals surface area contributed by atoms with Crippen LogP contribution in [0.4, 0.5) is 0 Å². The predicted octanol–water partition coefficient (Wildman–Crippen LogP) is 6.25. The molecule has 1 aliphatic heterocycles. The average Bonchev–Trinajstić information content (AvgIpc) is 3.37. The SMILES string of the molecule is C=Cc1cccc(-c2ccc(CCOc3cc(CN4CCNCC4)ccc3-c3c[nH]c(/C=C\N)c3C)cc2)c1C=N. The molecule has 4 aromatic rings. The zero-order chi connectivity index (χ0) is 28.6. The Labute approximate surface area is 243 Å². The van der Waals surface area contributed by atoms with Crippen LogP contribution < -0.4 is 15.8 Å². The van der Waals surface area contributed by atoms with Crippen molar-refractivity contribution in [3.63, 3.8) is 0 Å². The molecule has 0 unspecified atom stereocenters. The van der Waals surface area contributed by atoms with Gasteiger partial charge in [0, 0.05) is 73.9 Å². The maximum Gasteiger partial charge on any atom is 0.127 e. The average molecular weight is 546 g/mol. The summed E-state index contributed by atoms with van der Waals surface area (Å²) in [6.07, 6.45) is 9.48. The second kappa shape index (κ2) is 13.3. The number of rotatable bonds is 11. The Kier molecular flexibility index (Phi) is 9.14. The van der Waals surface area contributed by atoms with Crippen LogP contribution in [0.25, 0.3) is 34.4 Å². The highest BCUT2D eigenvalue weighted by Crippen LogP contribution is 2.35. The molecule has 6 nitrogen and oxygen atoms in total. The minimum atomic E-state index is 0.570. The summed E-state index contributed by atoms with van der Waals surface area (Å²) in [7, 11) is 0. The minimum Gasteiger partial charge on any atom is -0.493 e. The Bertz CT molecular complexity index is 1530. The number of hydrogen-bond acceptors (Lipinski definition) is 5. The van der Waals surface area contributed by atoms with Crippen molar-refractivity contribution in [3.8, 4) is 28.0 Å². The van der Waals surface area contributed by atoms with Crippen molar-refractivity contribution in [1.82, 2.24) is 15.2 Å². The monoisotopic (exact) mass is 545 g/mol. The van der Waals surface area contributed by atoms with E-state index in [0.29, 0.717) is 6.61 Å². The van der Waals surface area contributed by atoms with Gasteiger partial charge < -0.3 is 26.2 Å². The lowest BCUT2D eigenvalue weighted by atomic mass is 9.95. The predicted molar refractivity (Wildman–Crippen MR) is 171 cm³/mol. The summed E-state index contributed by atoms with van der Waals surface area (Å²) < 4.78 is 6.50. The molecule has 0 spiro atoms. The molecule has 1 fully saturated rings. The number of nitrogens with zero attached hydrogens (tertiary/aromatic N) is 1. The van der Waals surface area contributed by atoms with E-state index >= 15 is 0 Å². The summed E-state index contributed by atoms with van der Waals surface area (Å²) in [5.41, 5.74) is 16.4. The zero-order valence-corrected chi connectivity index (χ0v) is 23.7. The molecule has 0 saturated carbocycles. The summed E-state index contributed by atoms with van der Waals surface area (Å²) in [6.45, 7) is 11.7. The molecule has 3 aromatic carbocycles. The highest BCUT2D eigenvalue weighted by molar-refractivity contribution is 5.93. The van der Waals surface area contributed by atoms with Gasteiger partial charge in [-0.15, -0.1) is 0 Å². The van der Waals surface area contributed by atoms with Crippen molar-refractivity contribution < 1.29 is 4.74 Å². The summed E-state index contributed by atoms with van der Waals surface area (Å²) in [6, 6.07) is 21.2. The van der Waals surface area contributed by atoms with E-state index in [9.17, 15) is 0 Å². The fraction of sp³-hybridized carbons (Fsp3) is 0.229. The van der Waals surface area contributed by atoms with Crippen LogP contribution in [0.15, 0.2) is 79.6 Å². The molecule has 41 heavy (non-hydrogen) atoms. The van der Waals surface area contributed by atoms with E-state index in [2.05, 4.69) is 77.2 Å². The van der Waals surface area contributed by atoms with E-state index in [1.807, 2.05) is 24.4 Å². The molecule has 0 aliphatic carbocycles. The van der Waals surface area contributed by atoms with E-state index in [-0.39, 0.29) is 0 Å². The third-order valence-corrected chi connectivity index (χ3v) is 7.81. The van der Waals surface area contributed by atoms with Crippen LogP contribution in [0.2, 0.25) is 0 Å². The van der Waals surface area contributed by atoms with Crippen LogP contribution in [-0.4, -0.2) is 48.9 Å². The number of H-pyrrole nitrogens is 1. The van der Waals surface area contributed by atoms with E-state index < -0.39 is 0 Å². The number of hydrogen-bond donors (Lipinski definition) is 4. The van der Waals surface area contributed by atoms with Gasteiger partial charge in [-0.1, -0.05) is 67.3 Å². The molecule has 0 bridgehead atoms. The Morgan fingerprint density at radius 3 is 2.51 bits per heavy atom.